The molecule has 1 heterocycles. The van der Waals surface area contributed by atoms with E-state index in [9.17, 15) is 18.0 Å². The third kappa shape index (κ3) is 3.26. The maximum absolute atomic E-state index is 12.9. The second-order valence-corrected chi connectivity index (χ2v) is 4.56. The Balaban J connectivity index is 2.26. The molecule has 0 bridgehead atoms. The summed E-state index contributed by atoms with van der Waals surface area (Å²) in [6.07, 6.45) is -4.81. The van der Waals surface area contributed by atoms with Gasteiger partial charge >= 0.3 is 6.18 Å². The molecule has 1 atom stereocenters. The van der Waals surface area contributed by atoms with Crippen molar-refractivity contribution in [3.63, 3.8) is 0 Å². The maximum Gasteiger partial charge on any atom is 0.419 e. The van der Waals surface area contributed by atoms with Crippen molar-refractivity contribution in [3.05, 3.63) is 41.6 Å². The van der Waals surface area contributed by atoms with E-state index >= 15 is 0 Å². The van der Waals surface area contributed by atoms with E-state index in [2.05, 4.69) is 5.10 Å². The van der Waals surface area contributed by atoms with Crippen molar-refractivity contribution in [1.82, 2.24) is 9.78 Å². The van der Waals surface area contributed by atoms with Crippen molar-refractivity contribution in [1.29, 1.82) is 5.26 Å². The molecule has 1 aromatic heterocycles. The normalized spacial score (nSPS) is 12.5. The van der Waals surface area contributed by atoms with Gasteiger partial charge in [0.2, 0.25) is 0 Å². The summed E-state index contributed by atoms with van der Waals surface area (Å²) in [7, 11) is 0. The van der Waals surface area contributed by atoms with Gasteiger partial charge in [-0.2, -0.15) is 28.2 Å². The topological polar surface area (TPSA) is 93.9 Å². The van der Waals surface area contributed by atoms with Crippen LogP contribution in [0.5, 0.6) is 5.75 Å². The molecule has 0 amide bonds. The predicted octanol–water partition coefficient (Wildman–Crippen LogP) is 2.46. The van der Waals surface area contributed by atoms with Gasteiger partial charge in [-0.25, -0.2) is 0 Å². The van der Waals surface area contributed by atoms with Gasteiger partial charge in [-0.05, 0) is 19.1 Å². The molecule has 0 aliphatic carbocycles. The second kappa shape index (κ2) is 6.00. The molecular formula is C14H11F3N4O2. The Morgan fingerprint density at radius 3 is 2.65 bits per heavy atom. The van der Waals surface area contributed by atoms with Crippen LogP contribution in [0.2, 0.25) is 0 Å². The van der Waals surface area contributed by atoms with Gasteiger partial charge in [0.05, 0.1) is 11.8 Å². The summed E-state index contributed by atoms with van der Waals surface area (Å²) < 4.78 is 44.5. The molecule has 0 aliphatic heterocycles. The number of anilines is 1. The Morgan fingerprint density at radius 1 is 1.43 bits per heavy atom. The summed E-state index contributed by atoms with van der Waals surface area (Å²) in [4.78, 5) is 12.2. The number of para-hydroxylation sites is 1. The number of nitriles is 1. The van der Waals surface area contributed by atoms with E-state index in [1.165, 1.54) is 19.1 Å². The van der Waals surface area contributed by atoms with Crippen molar-refractivity contribution < 1.29 is 22.7 Å². The van der Waals surface area contributed by atoms with E-state index in [1.807, 2.05) is 0 Å². The summed E-state index contributed by atoms with van der Waals surface area (Å²) >= 11 is 0. The Hall–Kier alpha value is -3.02. The van der Waals surface area contributed by atoms with Crippen molar-refractivity contribution in [2.75, 3.05) is 5.73 Å². The molecule has 120 valence electrons. The van der Waals surface area contributed by atoms with Crippen LogP contribution < -0.4 is 10.5 Å². The molecular weight excluding hydrogens is 313 g/mol. The Morgan fingerprint density at radius 2 is 2.09 bits per heavy atom. The highest BCUT2D eigenvalue weighted by Crippen LogP contribution is 2.36. The lowest BCUT2D eigenvalue weighted by Crippen LogP contribution is -2.31. The van der Waals surface area contributed by atoms with Crippen molar-refractivity contribution in [2.24, 2.45) is 0 Å². The van der Waals surface area contributed by atoms with Crippen LogP contribution >= 0.6 is 0 Å². The van der Waals surface area contributed by atoms with Crippen LogP contribution in [0.15, 0.2) is 30.5 Å². The number of alkyl halides is 3. The number of nitrogen functional groups attached to an aromatic ring is 1. The number of rotatable bonds is 3. The number of ether oxygens (including phenoxy) is 1. The first-order valence-corrected chi connectivity index (χ1v) is 6.36. The fourth-order valence-electron chi connectivity index (χ4n) is 1.84. The number of aromatic nitrogens is 2. The standard InChI is InChI=1S/C14H11F3N4O2/c1-8(13(22)21-12(19)9(6-18)7-20-21)23-11-5-3-2-4-10(11)14(15,16)17/h2-5,7-8H,19H2,1H3/t8-/m0/s1. The minimum atomic E-state index is -4.61. The largest absolute Gasteiger partial charge is 0.480 e. The molecule has 2 rings (SSSR count). The van der Waals surface area contributed by atoms with Crippen LogP contribution in [0.3, 0.4) is 0 Å². The van der Waals surface area contributed by atoms with Gasteiger partial charge in [0.25, 0.3) is 5.91 Å². The van der Waals surface area contributed by atoms with Crippen LogP contribution in [0.4, 0.5) is 19.0 Å². The molecule has 0 unspecified atom stereocenters. The van der Waals surface area contributed by atoms with Crippen LogP contribution in [-0.2, 0) is 6.18 Å². The van der Waals surface area contributed by atoms with Crippen LogP contribution in [0.25, 0.3) is 0 Å². The van der Waals surface area contributed by atoms with Gasteiger partial charge in [0, 0.05) is 0 Å². The average Bonchev–Trinajstić information content (AvgIpc) is 2.86. The molecule has 2 N–H and O–H groups in total. The zero-order valence-corrected chi connectivity index (χ0v) is 11.8. The highest BCUT2D eigenvalue weighted by molar-refractivity contribution is 5.86. The van der Waals surface area contributed by atoms with E-state index in [4.69, 9.17) is 15.7 Å². The van der Waals surface area contributed by atoms with Gasteiger partial charge in [0.1, 0.15) is 23.2 Å². The van der Waals surface area contributed by atoms with Crippen molar-refractivity contribution in [3.8, 4) is 11.8 Å². The fraction of sp³-hybridized carbons (Fsp3) is 0.214. The van der Waals surface area contributed by atoms with Crippen LogP contribution in [0, 0.1) is 11.3 Å². The fourth-order valence-corrected chi connectivity index (χ4v) is 1.84. The number of hydrogen-bond donors (Lipinski definition) is 1. The van der Waals surface area contributed by atoms with Crippen molar-refractivity contribution in [2.45, 2.75) is 19.2 Å². The minimum Gasteiger partial charge on any atom is -0.480 e. The number of nitrogens with zero attached hydrogens (tertiary/aromatic N) is 3. The van der Waals surface area contributed by atoms with E-state index < -0.39 is 29.5 Å². The molecule has 9 heteroatoms. The van der Waals surface area contributed by atoms with E-state index in [0.29, 0.717) is 0 Å². The van der Waals surface area contributed by atoms with E-state index in [-0.39, 0.29) is 11.4 Å². The number of carbonyl (C=O) groups excluding carboxylic acids is 1. The zero-order valence-electron chi connectivity index (χ0n) is 11.8. The van der Waals surface area contributed by atoms with Gasteiger partial charge in [-0.3, -0.25) is 4.79 Å². The highest BCUT2D eigenvalue weighted by atomic mass is 19.4. The molecule has 0 fully saturated rings. The Bertz CT molecular complexity index is 777. The quantitative estimate of drug-likeness (QED) is 0.936. The molecule has 0 spiro atoms. The molecule has 0 aliphatic rings. The van der Waals surface area contributed by atoms with E-state index in [0.717, 1.165) is 23.0 Å². The van der Waals surface area contributed by atoms with Gasteiger partial charge < -0.3 is 10.5 Å². The first kappa shape index (κ1) is 16.4. The van der Waals surface area contributed by atoms with Crippen molar-refractivity contribution >= 4 is 11.7 Å². The molecule has 2 aromatic rings. The number of benzene rings is 1. The average molecular weight is 324 g/mol. The molecule has 0 radical (unpaired) electrons. The van der Waals surface area contributed by atoms with Crippen LogP contribution in [0.1, 0.15) is 22.8 Å². The Kier molecular flexibility index (Phi) is 4.27. The first-order chi connectivity index (χ1) is 10.8. The number of halogens is 3. The van der Waals surface area contributed by atoms with Crippen LogP contribution in [-0.4, -0.2) is 21.8 Å². The first-order valence-electron chi connectivity index (χ1n) is 6.36. The summed E-state index contributed by atoms with van der Waals surface area (Å²) in [5.74, 6) is -1.47. The van der Waals surface area contributed by atoms with Gasteiger partial charge in [0.15, 0.2) is 6.10 Å². The third-order valence-corrected chi connectivity index (χ3v) is 2.98. The monoisotopic (exact) mass is 324 g/mol. The smallest absolute Gasteiger partial charge is 0.419 e. The van der Waals surface area contributed by atoms with Gasteiger partial charge in [-0.15, -0.1) is 0 Å². The lowest BCUT2D eigenvalue weighted by molar-refractivity contribution is -0.139. The maximum atomic E-state index is 12.9. The van der Waals surface area contributed by atoms with Gasteiger partial charge in [-0.1, -0.05) is 12.1 Å². The number of carbonyl (C=O) groups is 1. The summed E-state index contributed by atoms with van der Waals surface area (Å²) in [6.45, 7) is 1.27. The summed E-state index contributed by atoms with van der Waals surface area (Å²) in [5.41, 5.74) is 4.56. The second-order valence-electron chi connectivity index (χ2n) is 4.56. The highest BCUT2D eigenvalue weighted by Gasteiger charge is 2.35. The van der Waals surface area contributed by atoms with E-state index in [1.54, 1.807) is 6.07 Å². The number of nitrogens with two attached hydrogens (primary N) is 1. The summed E-state index contributed by atoms with van der Waals surface area (Å²) in [6, 6.07) is 6.27. The Labute approximate surface area is 128 Å². The lowest BCUT2D eigenvalue weighted by atomic mass is 10.2. The third-order valence-electron chi connectivity index (χ3n) is 2.98. The molecule has 0 saturated heterocycles. The molecule has 0 saturated carbocycles. The SMILES string of the molecule is C[C@H](Oc1ccccc1C(F)(F)F)C(=O)n1ncc(C#N)c1N. The number of hydrogen-bond acceptors (Lipinski definition) is 5. The molecule has 6 nitrogen and oxygen atoms in total. The predicted molar refractivity (Wildman–Crippen MR) is 73.5 cm³/mol. The molecule has 23 heavy (non-hydrogen) atoms. The zero-order chi connectivity index (χ0) is 17.2. The molecule has 1 aromatic carbocycles. The summed E-state index contributed by atoms with van der Waals surface area (Å²) in [5, 5.41) is 12.4. The minimum absolute atomic E-state index is 0.0127. The lowest BCUT2D eigenvalue weighted by Gasteiger charge is -2.18.